The number of amides is 1. The molecule has 1 aromatic carbocycles. The molecular weight excluding hydrogens is 357 g/mol. The quantitative estimate of drug-likeness (QED) is 0.718. The fourth-order valence-electron chi connectivity index (χ4n) is 2.15. The summed E-state index contributed by atoms with van der Waals surface area (Å²) in [5.41, 5.74) is 0.833. The molecule has 0 N–H and O–H groups in total. The van der Waals surface area contributed by atoms with E-state index in [4.69, 9.17) is 27.9 Å². The zero-order valence-corrected chi connectivity index (χ0v) is 15.1. The molecule has 122 valence electrons. The second kappa shape index (κ2) is 7.34. The number of carbonyl (C=O) groups is 2. The first-order chi connectivity index (χ1) is 10.9. The second-order valence-corrected chi connectivity index (χ2v) is 6.78. The second-order valence-electron chi connectivity index (χ2n) is 5.02. The van der Waals surface area contributed by atoms with Crippen molar-refractivity contribution in [3.05, 3.63) is 50.1 Å². The van der Waals surface area contributed by atoms with Crippen LogP contribution in [0, 0.1) is 0 Å². The molecule has 0 aliphatic carbocycles. The zero-order valence-electron chi connectivity index (χ0n) is 12.8. The van der Waals surface area contributed by atoms with Crippen LogP contribution in [0.4, 0.5) is 5.69 Å². The number of nitrogens with zero attached hydrogens (tertiary/aromatic N) is 1. The van der Waals surface area contributed by atoms with Gasteiger partial charge in [-0.2, -0.15) is 0 Å². The van der Waals surface area contributed by atoms with Gasteiger partial charge in [-0.15, -0.1) is 11.3 Å². The lowest BCUT2D eigenvalue weighted by atomic mass is 10.1. The highest BCUT2D eigenvalue weighted by Crippen LogP contribution is 2.31. The average molecular weight is 372 g/mol. The molecule has 0 saturated heterocycles. The van der Waals surface area contributed by atoms with Gasteiger partial charge in [0, 0.05) is 11.1 Å². The van der Waals surface area contributed by atoms with E-state index in [0.717, 1.165) is 0 Å². The Morgan fingerprint density at radius 3 is 2.48 bits per heavy atom. The number of carbonyl (C=O) groups excluding carboxylic acids is 2. The highest BCUT2D eigenvalue weighted by atomic mass is 35.5. The lowest BCUT2D eigenvalue weighted by Crippen LogP contribution is -2.37. The average Bonchev–Trinajstić information content (AvgIpc) is 2.95. The maximum atomic E-state index is 12.9. The van der Waals surface area contributed by atoms with Crippen LogP contribution >= 0.6 is 34.5 Å². The normalized spacial score (nSPS) is 10.7. The Bertz CT molecular complexity index is 743. The SMILES string of the molecule is COC(=O)c1sccc1N(C(=O)c1ccc(Cl)cc1Cl)C(C)C. The van der Waals surface area contributed by atoms with E-state index in [0.29, 0.717) is 21.2 Å². The lowest BCUT2D eigenvalue weighted by molar-refractivity contribution is 0.0607. The van der Waals surface area contributed by atoms with Gasteiger partial charge in [0.1, 0.15) is 4.88 Å². The van der Waals surface area contributed by atoms with Crippen LogP contribution in [0.5, 0.6) is 0 Å². The number of hydrogen-bond donors (Lipinski definition) is 0. The minimum Gasteiger partial charge on any atom is -0.465 e. The Kier molecular flexibility index (Phi) is 5.68. The summed E-state index contributed by atoms with van der Waals surface area (Å²) in [5, 5.41) is 2.46. The molecule has 2 aromatic rings. The first-order valence-corrected chi connectivity index (χ1v) is 8.44. The van der Waals surface area contributed by atoms with E-state index in [1.54, 1.807) is 23.6 Å². The van der Waals surface area contributed by atoms with Gasteiger partial charge >= 0.3 is 5.97 Å². The zero-order chi connectivity index (χ0) is 17.1. The smallest absolute Gasteiger partial charge is 0.350 e. The van der Waals surface area contributed by atoms with E-state index in [1.807, 2.05) is 13.8 Å². The van der Waals surface area contributed by atoms with Crippen molar-refractivity contribution in [2.75, 3.05) is 12.0 Å². The minimum atomic E-state index is -0.476. The predicted molar refractivity (Wildman–Crippen MR) is 94.1 cm³/mol. The summed E-state index contributed by atoms with van der Waals surface area (Å²) in [6.07, 6.45) is 0. The summed E-state index contributed by atoms with van der Waals surface area (Å²) < 4.78 is 4.78. The van der Waals surface area contributed by atoms with Crippen molar-refractivity contribution in [3.8, 4) is 0 Å². The number of anilines is 1. The largest absolute Gasteiger partial charge is 0.465 e. The number of thiophene rings is 1. The van der Waals surface area contributed by atoms with Gasteiger partial charge in [0.2, 0.25) is 0 Å². The molecule has 4 nitrogen and oxygen atoms in total. The van der Waals surface area contributed by atoms with Crippen molar-refractivity contribution < 1.29 is 14.3 Å². The third-order valence-corrected chi connectivity index (χ3v) is 4.60. The molecule has 23 heavy (non-hydrogen) atoms. The summed E-state index contributed by atoms with van der Waals surface area (Å²) in [4.78, 5) is 26.7. The number of hydrogen-bond acceptors (Lipinski definition) is 4. The summed E-state index contributed by atoms with van der Waals surface area (Å²) in [5.74, 6) is -0.777. The first-order valence-electron chi connectivity index (χ1n) is 6.81. The van der Waals surface area contributed by atoms with Gasteiger partial charge in [0.25, 0.3) is 5.91 Å². The molecular formula is C16H15Cl2NO3S. The number of halogens is 2. The van der Waals surface area contributed by atoms with Gasteiger partial charge in [-0.1, -0.05) is 23.2 Å². The van der Waals surface area contributed by atoms with Crippen LogP contribution < -0.4 is 4.90 Å². The molecule has 1 amide bonds. The number of methoxy groups -OCH3 is 1. The predicted octanol–water partition coefficient (Wildman–Crippen LogP) is 4.90. The van der Waals surface area contributed by atoms with Crippen LogP contribution in [-0.2, 0) is 4.74 Å². The summed E-state index contributed by atoms with van der Waals surface area (Å²) in [6, 6.07) is 6.25. The Morgan fingerprint density at radius 1 is 1.22 bits per heavy atom. The van der Waals surface area contributed by atoms with Crippen molar-refractivity contribution in [2.45, 2.75) is 19.9 Å². The number of benzene rings is 1. The molecule has 0 saturated carbocycles. The van der Waals surface area contributed by atoms with Crippen LogP contribution in [0.2, 0.25) is 10.0 Å². The molecule has 0 atom stereocenters. The molecule has 0 unspecified atom stereocenters. The summed E-state index contributed by atoms with van der Waals surface area (Å²) in [6.45, 7) is 3.72. The topological polar surface area (TPSA) is 46.6 Å². The lowest BCUT2D eigenvalue weighted by Gasteiger charge is -2.27. The Hall–Kier alpha value is -1.56. The Morgan fingerprint density at radius 2 is 1.91 bits per heavy atom. The van der Waals surface area contributed by atoms with Gasteiger partial charge in [0.05, 0.1) is 23.4 Å². The number of rotatable bonds is 4. The number of ether oxygens (including phenoxy) is 1. The fraction of sp³-hybridized carbons (Fsp3) is 0.250. The van der Waals surface area contributed by atoms with E-state index >= 15 is 0 Å². The monoisotopic (exact) mass is 371 g/mol. The highest BCUT2D eigenvalue weighted by molar-refractivity contribution is 7.12. The van der Waals surface area contributed by atoms with Crippen molar-refractivity contribution >= 4 is 52.1 Å². The third kappa shape index (κ3) is 3.68. The molecule has 2 rings (SSSR count). The van der Waals surface area contributed by atoms with Crippen molar-refractivity contribution in [2.24, 2.45) is 0 Å². The molecule has 7 heteroatoms. The molecule has 0 aliphatic rings. The molecule has 0 radical (unpaired) electrons. The van der Waals surface area contributed by atoms with E-state index in [1.165, 1.54) is 29.4 Å². The molecule has 0 bridgehead atoms. The minimum absolute atomic E-state index is 0.174. The van der Waals surface area contributed by atoms with E-state index in [9.17, 15) is 9.59 Å². The van der Waals surface area contributed by atoms with Gasteiger partial charge in [-0.3, -0.25) is 4.79 Å². The van der Waals surface area contributed by atoms with Gasteiger partial charge < -0.3 is 9.64 Å². The molecule has 0 aliphatic heterocycles. The van der Waals surface area contributed by atoms with Crippen molar-refractivity contribution in [1.29, 1.82) is 0 Å². The molecule has 0 fully saturated rings. The van der Waals surface area contributed by atoms with Gasteiger partial charge in [-0.25, -0.2) is 4.79 Å². The van der Waals surface area contributed by atoms with Gasteiger partial charge in [-0.05, 0) is 43.5 Å². The van der Waals surface area contributed by atoms with Crippen LogP contribution in [0.1, 0.15) is 33.9 Å². The van der Waals surface area contributed by atoms with Crippen LogP contribution in [0.3, 0.4) is 0 Å². The van der Waals surface area contributed by atoms with Crippen molar-refractivity contribution in [1.82, 2.24) is 0 Å². The molecule has 1 aromatic heterocycles. The van der Waals surface area contributed by atoms with Crippen LogP contribution in [0.15, 0.2) is 29.6 Å². The van der Waals surface area contributed by atoms with Crippen molar-refractivity contribution in [3.63, 3.8) is 0 Å². The number of esters is 1. The van der Waals surface area contributed by atoms with E-state index in [2.05, 4.69) is 0 Å². The summed E-state index contributed by atoms with van der Waals surface area (Å²) >= 11 is 13.2. The fourth-order valence-corrected chi connectivity index (χ4v) is 3.44. The maximum Gasteiger partial charge on any atom is 0.350 e. The summed E-state index contributed by atoms with van der Waals surface area (Å²) in [7, 11) is 1.31. The van der Waals surface area contributed by atoms with Gasteiger partial charge in [0.15, 0.2) is 0 Å². The standard InChI is InChI=1S/C16H15Cl2NO3S/c1-9(2)19(13-6-7-23-14(13)16(21)22-3)15(20)11-5-4-10(17)8-12(11)18/h4-9H,1-3H3. The van der Waals surface area contributed by atoms with Crippen LogP contribution in [-0.4, -0.2) is 25.0 Å². The van der Waals surface area contributed by atoms with Crippen LogP contribution in [0.25, 0.3) is 0 Å². The maximum absolute atomic E-state index is 12.9. The first kappa shape index (κ1) is 17.8. The Labute approximate surface area is 148 Å². The molecule has 0 spiro atoms. The van der Waals surface area contributed by atoms with E-state index < -0.39 is 5.97 Å². The Balaban J connectivity index is 2.49. The molecule has 1 heterocycles. The third-order valence-electron chi connectivity index (χ3n) is 3.17. The highest BCUT2D eigenvalue weighted by Gasteiger charge is 2.27. The van der Waals surface area contributed by atoms with E-state index in [-0.39, 0.29) is 17.0 Å².